The molecule has 7 nitrogen and oxygen atoms in total. The van der Waals surface area contributed by atoms with E-state index in [9.17, 15) is 0 Å². The van der Waals surface area contributed by atoms with Gasteiger partial charge in [-0.15, -0.1) is 0 Å². The highest BCUT2D eigenvalue weighted by atomic mass is 16.5. The van der Waals surface area contributed by atoms with Gasteiger partial charge in [0.15, 0.2) is 11.6 Å². The van der Waals surface area contributed by atoms with Crippen LogP contribution in [-0.2, 0) is 0 Å². The summed E-state index contributed by atoms with van der Waals surface area (Å²) in [6, 6.07) is 17.0. The van der Waals surface area contributed by atoms with Gasteiger partial charge in [0.25, 0.3) is 0 Å². The molecular formula is C20H17N5O2. The van der Waals surface area contributed by atoms with Gasteiger partial charge in [-0.25, -0.2) is 4.98 Å². The topological polar surface area (TPSA) is 95.2 Å². The second-order valence-electron chi connectivity index (χ2n) is 5.73. The van der Waals surface area contributed by atoms with Crippen molar-refractivity contribution in [2.24, 2.45) is 0 Å². The molecule has 4 rings (SSSR count). The molecule has 7 heteroatoms. The molecule has 0 atom stereocenters. The van der Waals surface area contributed by atoms with E-state index in [0.29, 0.717) is 17.3 Å². The predicted octanol–water partition coefficient (Wildman–Crippen LogP) is 4.15. The number of nitrogens with zero attached hydrogens (tertiary/aromatic N) is 3. The van der Waals surface area contributed by atoms with E-state index in [2.05, 4.69) is 20.3 Å². The van der Waals surface area contributed by atoms with Gasteiger partial charge in [-0.3, -0.25) is 4.98 Å². The maximum Gasteiger partial charge on any atom is 0.248 e. The van der Waals surface area contributed by atoms with E-state index >= 15 is 0 Å². The SMILES string of the molecule is COc1cccc(Nc2ncnc(Oc3cccc4cccnc34)c2N)c1. The molecule has 0 unspecified atom stereocenters. The van der Waals surface area contributed by atoms with Gasteiger partial charge in [0.2, 0.25) is 5.88 Å². The zero-order chi connectivity index (χ0) is 18.6. The molecule has 0 aliphatic carbocycles. The average molecular weight is 359 g/mol. The van der Waals surface area contributed by atoms with Crippen LogP contribution < -0.4 is 20.5 Å². The zero-order valence-electron chi connectivity index (χ0n) is 14.6. The number of methoxy groups -OCH3 is 1. The van der Waals surface area contributed by atoms with Crippen LogP contribution in [0.5, 0.6) is 17.4 Å². The van der Waals surface area contributed by atoms with Gasteiger partial charge in [-0.1, -0.05) is 24.3 Å². The maximum absolute atomic E-state index is 6.23. The molecule has 134 valence electrons. The summed E-state index contributed by atoms with van der Waals surface area (Å²) in [7, 11) is 1.61. The fourth-order valence-corrected chi connectivity index (χ4v) is 2.66. The molecular weight excluding hydrogens is 342 g/mol. The van der Waals surface area contributed by atoms with Crippen LogP contribution in [0.1, 0.15) is 0 Å². The van der Waals surface area contributed by atoms with Crippen molar-refractivity contribution in [1.29, 1.82) is 0 Å². The molecule has 0 amide bonds. The normalized spacial score (nSPS) is 10.6. The predicted molar refractivity (Wildman–Crippen MR) is 105 cm³/mol. The zero-order valence-corrected chi connectivity index (χ0v) is 14.6. The van der Waals surface area contributed by atoms with Gasteiger partial charge in [0.05, 0.1) is 7.11 Å². The Labute approximate surface area is 155 Å². The Morgan fingerprint density at radius 3 is 2.70 bits per heavy atom. The van der Waals surface area contributed by atoms with Gasteiger partial charge >= 0.3 is 0 Å². The summed E-state index contributed by atoms with van der Waals surface area (Å²) >= 11 is 0. The van der Waals surface area contributed by atoms with Gasteiger partial charge in [0, 0.05) is 23.3 Å². The van der Waals surface area contributed by atoms with Crippen LogP contribution >= 0.6 is 0 Å². The monoisotopic (exact) mass is 359 g/mol. The summed E-state index contributed by atoms with van der Waals surface area (Å²) in [5.74, 6) is 2.01. The van der Waals surface area contributed by atoms with E-state index in [-0.39, 0.29) is 5.88 Å². The summed E-state index contributed by atoms with van der Waals surface area (Å²) in [5, 5.41) is 4.13. The number of ether oxygens (including phenoxy) is 2. The molecule has 0 aliphatic rings. The van der Waals surface area contributed by atoms with Gasteiger partial charge in [0.1, 0.15) is 23.3 Å². The van der Waals surface area contributed by atoms with Crippen molar-refractivity contribution in [3.63, 3.8) is 0 Å². The van der Waals surface area contributed by atoms with Crippen molar-refractivity contribution in [2.45, 2.75) is 0 Å². The van der Waals surface area contributed by atoms with Crippen LogP contribution in [0.3, 0.4) is 0 Å². The van der Waals surface area contributed by atoms with Crippen molar-refractivity contribution in [3.05, 3.63) is 67.1 Å². The third-order valence-corrected chi connectivity index (χ3v) is 3.98. The Bertz CT molecular complexity index is 1100. The molecule has 0 aliphatic heterocycles. The molecule has 0 saturated heterocycles. The van der Waals surface area contributed by atoms with E-state index in [1.54, 1.807) is 13.3 Å². The van der Waals surface area contributed by atoms with Crippen LogP contribution in [-0.4, -0.2) is 22.1 Å². The van der Waals surface area contributed by atoms with Crippen molar-refractivity contribution in [2.75, 3.05) is 18.2 Å². The number of hydrogen-bond donors (Lipinski definition) is 2. The molecule has 0 fully saturated rings. The molecule has 2 aromatic carbocycles. The number of aromatic nitrogens is 3. The highest BCUT2D eigenvalue weighted by molar-refractivity contribution is 5.84. The van der Waals surface area contributed by atoms with E-state index in [1.165, 1.54) is 6.33 Å². The summed E-state index contributed by atoms with van der Waals surface area (Å²) in [4.78, 5) is 12.8. The van der Waals surface area contributed by atoms with E-state index < -0.39 is 0 Å². The molecule has 2 aromatic heterocycles. The Morgan fingerprint density at radius 2 is 1.81 bits per heavy atom. The highest BCUT2D eigenvalue weighted by Gasteiger charge is 2.13. The van der Waals surface area contributed by atoms with Crippen LogP contribution in [0.2, 0.25) is 0 Å². The van der Waals surface area contributed by atoms with Gasteiger partial charge in [-0.2, -0.15) is 4.98 Å². The Morgan fingerprint density at radius 1 is 0.963 bits per heavy atom. The first kappa shape index (κ1) is 16.6. The number of anilines is 3. The summed E-state index contributed by atoms with van der Waals surface area (Å²) in [5.41, 5.74) is 8.05. The lowest BCUT2D eigenvalue weighted by atomic mass is 10.2. The second-order valence-corrected chi connectivity index (χ2v) is 5.73. The van der Waals surface area contributed by atoms with Crippen LogP contribution in [0.15, 0.2) is 67.1 Å². The minimum absolute atomic E-state index is 0.258. The van der Waals surface area contributed by atoms with Crippen molar-refractivity contribution in [3.8, 4) is 17.4 Å². The molecule has 2 heterocycles. The minimum atomic E-state index is 0.258. The number of hydrogen-bond acceptors (Lipinski definition) is 7. The lowest BCUT2D eigenvalue weighted by Gasteiger charge is -2.13. The number of para-hydroxylation sites is 1. The average Bonchev–Trinajstić information content (AvgIpc) is 2.71. The highest BCUT2D eigenvalue weighted by Crippen LogP contribution is 2.33. The summed E-state index contributed by atoms with van der Waals surface area (Å²) in [6.07, 6.45) is 3.11. The minimum Gasteiger partial charge on any atom is -0.497 e. The smallest absolute Gasteiger partial charge is 0.248 e. The number of nitrogens with one attached hydrogen (secondary N) is 1. The fraction of sp³-hybridized carbons (Fsp3) is 0.0500. The van der Waals surface area contributed by atoms with E-state index in [4.69, 9.17) is 15.2 Å². The number of fused-ring (bicyclic) bond motifs is 1. The van der Waals surface area contributed by atoms with Crippen molar-refractivity contribution < 1.29 is 9.47 Å². The third kappa shape index (κ3) is 3.43. The third-order valence-electron chi connectivity index (χ3n) is 3.98. The molecule has 3 N–H and O–H groups in total. The fourth-order valence-electron chi connectivity index (χ4n) is 2.66. The number of nitrogen functional groups attached to an aromatic ring is 1. The Balaban J connectivity index is 1.65. The molecule has 0 saturated carbocycles. The number of benzene rings is 2. The van der Waals surface area contributed by atoms with Gasteiger partial charge in [-0.05, 0) is 24.3 Å². The molecule has 4 aromatic rings. The largest absolute Gasteiger partial charge is 0.497 e. The van der Waals surface area contributed by atoms with E-state index in [1.807, 2.05) is 54.6 Å². The van der Waals surface area contributed by atoms with Gasteiger partial charge < -0.3 is 20.5 Å². The molecule has 0 bridgehead atoms. The lowest BCUT2D eigenvalue weighted by molar-refractivity contribution is 0.415. The lowest BCUT2D eigenvalue weighted by Crippen LogP contribution is -2.03. The first-order chi connectivity index (χ1) is 13.2. The number of pyridine rings is 1. The standard InChI is InChI=1S/C20H17N5O2/c1-26-15-8-3-7-14(11-15)25-19-17(21)20(24-12-23-19)27-16-9-2-5-13-6-4-10-22-18(13)16/h2-12H,21H2,1H3,(H,23,24,25). The molecule has 27 heavy (non-hydrogen) atoms. The first-order valence-electron chi connectivity index (χ1n) is 8.28. The van der Waals surface area contributed by atoms with Crippen molar-refractivity contribution >= 4 is 28.1 Å². The van der Waals surface area contributed by atoms with Crippen LogP contribution in [0, 0.1) is 0 Å². The number of rotatable bonds is 5. The van der Waals surface area contributed by atoms with Crippen LogP contribution in [0.4, 0.5) is 17.2 Å². The second kappa shape index (κ2) is 7.17. The number of nitrogens with two attached hydrogens (primary N) is 1. The molecule has 0 radical (unpaired) electrons. The Hall–Kier alpha value is -3.87. The quantitative estimate of drug-likeness (QED) is 0.552. The summed E-state index contributed by atoms with van der Waals surface area (Å²) < 4.78 is 11.2. The molecule has 0 spiro atoms. The Kier molecular flexibility index (Phi) is 4.40. The maximum atomic E-state index is 6.23. The van der Waals surface area contributed by atoms with Crippen molar-refractivity contribution in [1.82, 2.24) is 15.0 Å². The summed E-state index contributed by atoms with van der Waals surface area (Å²) in [6.45, 7) is 0. The van der Waals surface area contributed by atoms with E-state index in [0.717, 1.165) is 22.3 Å². The first-order valence-corrected chi connectivity index (χ1v) is 8.28. The van der Waals surface area contributed by atoms with Crippen LogP contribution in [0.25, 0.3) is 10.9 Å².